The number of amides is 1. The molecule has 154 valence electrons. The van der Waals surface area contributed by atoms with E-state index >= 15 is 0 Å². The number of carbonyl (C=O) groups is 1. The summed E-state index contributed by atoms with van der Waals surface area (Å²) >= 11 is 0. The second-order valence-electron chi connectivity index (χ2n) is 7.65. The molecular weight excluding hydrogens is 376 g/mol. The van der Waals surface area contributed by atoms with Crippen LogP contribution in [-0.2, 0) is 7.05 Å². The molecule has 4 rings (SSSR count). The maximum Gasteiger partial charge on any atom is 0.268 e. The lowest BCUT2D eigenvalue weighted by Crippen LogP contribution is -2.31. The first-order chi connectivity index (χ1) is 14.4. The third kappa shape index (κ3) is 3.34. The van der Waals surface area contributed by atoms with Crippen LogP contribution in [0.3, 0.4) is 0 Å². The summed E-state index contributed by atoms with van der Waals surface area (Å²) in [6.07, 6.45) is 3.59. The van der Waals surface area contributed by atoms with Crippen molar-refractivity contribution < 1.29 is 9.53 Å². The molecule has 1 amide bonds. The predicted molar refractivity (Wildman–Crippen MR) is 118 cm³/mol. The summed E-state index contributed by atoms with van der Waals surface area (Å²) in [6, 6.07) is 11.3. The van der Waals surface area contributed by atoms with E-state index in [1.54, 1.807) is 13.3 Å². The molecule has 0 aliphatic rings. The number of H-pyrrole nitrogens is 1. The Morgan fingerprint density at radius 2 is 1.93 bits per heavy atom. The van der Waals surface area contributed by atoms with E-state index in [2.05, 4.69) is 42.1 Å². The van der Waals surface area contributed by atoms with Crippen molar-refractivity contribution >= 4 is 16.8 Å². The summed E-state index contributed by atoms with van der Waals surface area (Å²) < 4.78 is 7.45. The average molecular weight is 402 g/mol. The molecular formula is C24H26N4O2. The topological polar surface area (TPSA) is 71.9 Å². The Hall–Kier alpha value is -3.54. The van der Waals surface area contributed by atoms with Crippen molar-refractivity contribution in [2.24, 2.45) is 7.05 Å². The van der Waals surface area contributed by atoms with Crippen LogP contribution < -0.4 is 10.1 Å². The van der Waals surface area contributed by atoms with Crippen molar-refractivity contribution in [2.45, 2.75) is 26.8 Å². The fourth-order valence-corrected chi connectivity index (χ4v) is 3.94. The fraction of sp³-hybridized carbons (Fsp3) is 0.250. The summed E-state index contributed by atoms with van der Waals surface area (Å²) in [5, 5.41) is 4.21. The largest absolute Gasteiger partial charge is 0.496 e. The summed E-state index contributed by atoms with van der Waals surface area (Å²) in [7, 11) is 3.54. The number of benzene rings is 2. The molecule has 6 heteroatoms. The molecule has 0 bridgehead atoms. The number of aryl methyl sites for hydroxylation is 4. The number of nitrogens with zero attached hydrogens (tertiary/aromatic N) is 2. The molecule has 30 heavy (non-hydrogen) atoms. The van der Waals surface area contributed by atoms with Gasteiger partial charge in [0.1, 0.15) is 23.3 Å². The van der Waals surface area contributed by atoms with Gasteiger partial charge in [-0.25, -0.2) is 4.98 Å². The molecule has 0 aliphatic carbocycles. The average Bonchev–Trinajstić information content (AvgIpc) is 3.37. The molecule has 0 saturated carbocycles. The van der Waals surface area contributed by atoms with Gasteiger partial charge in [0.2, 0.25) is 0 Å². The number of methoxy groups -OCH3 is 1. The van der Waals surface area contributed by atoms with Gasteiger partial charge < -0.3 is 19.6 Å². The van der Waals surface area contributed by atoms with Crippen LogP contribution in [0.25, 0.3) is 10.9 Å². The quantitative estimate of drug-likeness (QED) is 0.521. The Bertz CT molecular complexity index is 1240. The van der Waals surface area contributed by atoms with E-state index < -0.39 is 6.04 Å². The lowest BCUT2D eigenvalue weighted by molar-refractivity contribution is 0.0936. The van der Waals surface area contributed by atoms with Crippen molar-refractivity contribution in [1.82, 2.24) is 19.9 Å². The Morgan fingerprint density at radius 3 is 2.63 bits per heavy atom. The van der Waals surface area contributed by atoms with Crippen molar-refractivity contribution in [3.63, 3.8) is 0 Å². The number of ether oxygens (including phenoxy) is 1. The third-order valence-electron chi connectivity index (χ3n) is 5.73. The standard InChI is InChI=1S/C24H26N4O2/c1-14-12-15(2)18-13-19(26-21(18)16(14)3)24(29)27-22(23-25-10-11-28(23)4)17-8-6-7-9-20(17)30-5/h6-13,22,26H,1-5H3,(H,27,29)/t22-/m1/s1. The highest BCUT2D eigenvalue weighted by molar-refractivity contribution is 6.00. The van der Waals surface area contributed by atoms with Gasteiger partial charge in [-0.1, -0.05) is 24.3 Å². The highest BCUT2D eigenvalue weighted by Crippen LogP contribution is 2.30. The number of carbonyl (C=O) groups excluding carboxylic acids is 1. The van der Waals surface area contributed by atoms with Gasteiger partial charge in [0.05, 0.1) is 7.11 Å². The highest BCUT2D eigenvalue weighted by atomic mass is 16.5. The normalized spacial score (nSPS) is 12.2. The van der Waals surface area contributed by atoms with Gasteiger partial charge in [0.15, 0.2) is 0 Å². The van der Waals surface area contributed by atoms with Crippen LogP contribution in [0.5, 0.6) is 5.75 Å². The second kappa shape index (κ2) is 7.71. The molecule has 0 unspecified atom stereocenters. The number of para-hydroxylation sites is 1. The summed E-state index contributed by atoms with van der Waals surface area (Å²) in [5.41, 5.74) is 5.88. The number of nitrogens with one attached hydrogen (secondary N) is 2. The Kier molecular flexibility index (Phi) is 5.08. The van der Waals surface area contributed by atoms with E-state index in [0.29, 0.717) is 11.4 Å². The molecule has 4 aromatic rings. The zero-order chi connectivity index (χ0) is 21.4. The molecule has 0 fully saturated rings. The molecule has 0 saturated heterocycles. The number of hydrogen-bond donors (Lipinski definition) is 2. The number of rotatable bonds is 5. The SMILES string of the molecule is COc1ccccc1[C@@H](NC(=O)c1cc2c(C)cc(C)c(C)c2[nH]1)c1nccn1C. The molecule has 2 aromatic carbocycles. The van der Waals surface area contributed by atoms with Gasteiger partial charge in [-0.15, -0.1) is 0 Å². The molecule has 2 N–H and O–H groups in total. The summed E-state index contributed by atoms with van der Waals surface area (Å²) in [4.78, 5) is 21.1. The lowest BCUT2D eigenvalue weighted by Gasteiger charge is -2.21. The third-order valence-corrected chi connectivity index (χ3v) is 5.73. The summed E-state index contributed by atoms with van der Waals surface area (Å²) in [5.74, 6) is 1.23. The van der Waals surface area contributed by atoms with Crippen LogP contribution in [-0.4, -0.2) is 27.6 Å². The zero-order valence-corrected chi connectivity index (χ0v) is 17.9. The Balaban J connectivity index is 1.76. The van der Waals surface area contributed by atoms with Crippen molar-refractivity contribution in [2.75, 3.05) is 7.11 Å². The number of aromatic nitrogens is 3. The van der Waals surface area contributed by atoms with E-state index in [9.17, 15) is 4.79 Å². The molecule has 2 aromatic heterocycles. The summed E-state index contributed by atoms with van der Waals surface area (Å²) in [6.45, 7) is 6.22. The first-order valence-corrected chi connectivity index (χ1v) is 9.91. The van der Waals surface area contributed by atoms with Crippen LogP contribution in [0, 0.1) is 20.8 Å². The van der Waals surface area contributed by atoms with E-state index in [1.807, 2.05) is 48.1 Å². The maximum absolute atomic E-state index is 13.3. The van der Waals surface area contributed by atoms with E-state index in [4.69, 9.17) is 4.74 Å². The molecule has 6 nitrogen and oxygen atoms in total. The first-order valence-electron chi connectivity index (χ1n) is 9.91. The first kappa shape index (κ1) is 19.8. The van der Waals surface area contributed by atoms with Crippen LogP contribution in [0.15, 0.2) is 48.8 Å². The van der Waals surface area contributed by atoms with E-state index in [0.717, 1.165) is 33.4 Å². The smallest absolute Gasteiger partial charge is 0.268 e. The zero-order valence-electron chi connectivity index (χ0n) is 17.9. The number of imidazole rings is 1. The van der Waals surface area contributed by atoms with Crippen LogP contribution in [0.4, 0.5) is 0 Å². The van der Waals surface area contributed by atoms with Crippen molar-refractivity contribution in [1.29, 1.82) is 0 Å². The molecule has 1 atom stereocenters. The van der Waals surface area contributed by atoms with Gasteiger partial charge in [-0.05, 0) is 49.6 Å². The van der Waals surface area contributed by atoms with Crippen molar-refractivity contribution in [3.05, 3.63) is 82.6 Å². The minimum absolute atomic E-state index is 0.193. The molecule has 0 spiro atoms. The number of aromatic amines is 1. The van der Waals surface area contributed by atoms with Gasteiger partial charge in [-0.3, -0.25) is 4.79 Å². The Labute approximate surface area is 175 Å². The van der Waals surface area contributed by atoms with E-state index in [1.165, 1.54) is 5.56 Å². The lowest BCUT2D eigenvalue weighted by atomic mass is 10.0. The number of fused-ring (bicyclic) bond motifs is 1. The van der Waals surface area contributed by atoms with Gasteiger partial charge in [0, 0.05) is 35.9 Å². The molecule has 2 heterocycles. The maximum atomic E-state index is 13.3. The Morgan fingerprint density at radius 1 is 1.17 bits per heavy atom. The predicted octanol–water partition coefficient (Wildman–Crippen LogP) is 4.35. The second-order valence-corrected chi connectivity index (χ2v) is 7.65. The van der Waals surface area contributed by atoms with Gasteiger partial charge >= 0.3 is 0 Å². The fourth-order valence-electron chi connectivity index (χ4n) is 3.94. The van der Waals surface area contributed by atoms with Gasteiger partial charge in [0.25, 0.3) is 5.91 Å². The minimum atomic E-state index is -0.455. The molecule has 0 aliphatic heterocycles. The van der Waals surface area contributed by atoms with E-state index in [-0.39, 0.29) is 5.91 Å². The highest BCUT2D eigenvalue weighted by Gasteiger charge is 2.25. The monoisotopic (exact) mass is 402 g/mol. The van der Waals surface area contributed by atoms with Gasteiger partial charge in [-0.2, -0.15) is 0 Å². The molecule has 0 radical (unpaired) electrons. The number of hydrogen-bond acceptors (Lipinski definition) is 3. The van der Waals surface area contributed by atoms with Crippen LogP contribution in [0.2, 0.25) is 0 Å². The van der Waals surface area contributed by atoms with Crippen LogP contribution >= 0.6 is 0 Å². The van der Waals surface area contributed by atoms with Crippen molar-refractivity contribution in [3.8, 4) is 5.75 Å². The minimum Gasteiger partial charge on any atom is -0.496 e. The van der Waals surface area contributed by atoms with Crippen LogP contribution in [0.1, 0.15) is 44.6 Å².